The van der Waals surface area contributed by atoms with E-state index in [1.165, 1.54) is 0 Å². The van der Waals surface area contributed by atoms with Crippen LogP contribution in [0.25, 0.3) is 10.9 Å². The number of rotatable bonds is 10. The van der Waals surface area contributed by atoms with E-state index in [2.05, 4.69) is 20.9 Å². The summed E-state index contributed by atoms with van der Waals surface area (Å²) in [6.07, 6.45) is 1.44. The van der Waals surface area contributed by atoms with Crippen LogP contribution in [0.2, 0.25) is 0 Å². The van der Waals surface area contributed by atoms with E-state index in [0.717, 1.165) is 27.7 Å². The summed E-state index contributed by atoms with van der Waals surface area (Å²) < 4.78 is 5.40. The zero-order valence-corrected chi connectivity index (χ0v) is 23.3. The Morgan fingerprint density at radius 3 is 2.46 bits per heavy atom. The molecule has 2 aromatic carbocycles. The van der Waals surface area contributed by atoms with Gasteiger partial charge in [0.15, 0.2) is 0 Å². The number of para-hydroxylation sites is 1. The largest absolute Gasteiger partial charge is 0.445 e. The number of H-pyrrole nitrogens is 1. The molecular formula is C31H40N4O4. The van der Waals surface area contributed by atoms with Gasteiger partial charge in [-0.05, 0) is 41.9 Å². The van der Waals surface area contributed by atoms with Gasteiger partial charge < -0.3 is 25.7 Å². The lowest BCUT2D eigenvalue weighted by molar-refractivity contribution is -0.135. The number of hydrogen-bond donors (Lipinski definition) is 4. The Labute approximate surface area is 230 Å². The molecule has 3 aromatic rings. The Bertz CT molecular complexity index is 1300. The molecule has 4 N–H and O–H groups in total. The summed E-state index contributed by atoms with van der Waals surface area (Å²) in [5.74, 6) is -0.487. The summed E-state index contributed by atoms with van der Waals surface area (Å²) in [7, 11) is 0. The Kier molecular flexibility index (Phi) is 8.94. The topological polar surface area (TPSA) is 112 Å². The van der Waals surface area contributed by atoms with Crippen LogP contribution in [0.5, 0.6) is 0 Å². The minimum Gasteiger partial charge on any atom is -0.445 e. The van der Waals surface area contributed by atoms with E-state index in [1.54, 1.807) is 0 Å². The number of aromatic nitrogens is 1. The Morgan fingerprint density at radius 1 is 1.03 bits per heavy atom. The monoisotopic (exact) mass is 532 g/mol. The minimum atomic E-state index is -1.13. The number of amides is 3. The normalized spacial score (nSPS) is 18.2. The van der Waals surface area contributed by atoms with E-state index < -0.39 is 17.7 Å². The fraction of sp³-hybridized carbons (Fsp3) is 0.452. The van der Waals surface area contributed by atoms with Crippen molar-refractivity contribution < 1.29 is 19.1 Å². The van der Waals surface area contributed by atoms with Gasteiger partial charge >= 0.3 is 6.09 Å². The first kappa shape index (κ1) is 28.2. The molecular weight excluding hydrogens is 492 g/mol. The number of nitrogens with one attached hydrogen (secondary N) is 4. The maximum Gasteiger partial charge on any atom is 0.408 e. The van der Waals surface area contributed by atoms with Crippen molar-refractivity contribution in [2.24, 2.45) is 11.8 Å². The van der Waals surface area contributed by atoms with Crippen molar-refractivity contribution in [3.05, 3.63) is 71.4 Å². The average molecular weight is 533 g/mol. The van der Waals surface area contributed by atoms with E-state index in [-0.39, 0.29) is 30.3 Å². The van der Waals surface area contributed by atoms with Crippen LogP contribution in [0.1, 0.15) is 57.4 Å². The van der Waals surface area contributed by atoms with Crippen molar-refractivity contribution in [1.29, 1.82) is 0 Å². The first-order chi connectivity index (χ1) is 18.7. The van der Waals surface area contributed by atoms with Crippen LogP contribution in [0, 0.1) is 11.8 Å². The highest BCUT2D eigenvalue weighted by molar-refractivity contribution is 5.96. The number of carbonyl (C=O) groups excluding carboxylic acids is 3. The van der Waals surface area contributed by atoms with Gasteiger partial charge in [-0.15, -0.1) is 0 Å². The molecule has 3 amide bonds. The average Bonchev–Trinajstić information content (AvgIpc) is 3.31. The van der Waals surface area contributed by atoms with Crippen LogP contribution in [0.3, 0.4) is 0 Å². The third-order valence-corrected chi connectivity index (χ3v) is 7.63. The molecule has 208 valence electrons. The van der Waals surface area contributed by atoms with Crippen molar-refractivity contribution in [3.8, 4) is 0 Å². The predicted octanol–water partition coefficient (Wildman–Crippen LogP) is 4.62. The number of alkyl carbamates (subject to hydrolysis) is 1. The summed E-state index contributed by atoms with van der Waals surface area (Å²) in [6.45, 7) is 8.56. The molecule has 1 aliphatic carbocycles. The molecule has 1 aromatic heterocycles. The van der Waals surface area contributed by atoms with Crippen LogP contribution in [0.4, 0.5) is 4.79 Å². The molecule has 0 bridgehead atoms. The molecule has 8 heteroatoms. The van der Waals surface area contributed by atoms with Crippen LogP contribution in [0.15, 0.2) is 54.6 Å². The van der Waals surface area contributed by atoms with Gasteiger partial charge in [0.25, 0.3) is 0 Å². The molecule has 0 unspecified atom stereocenters. The number of benzene rings is 2. The number of carbonyl (C=O) groups is 3. The van der Waals surface area contributed by atoms with Gasteiger partial charge in [0.2, 0.25) is 11.8 Å². The van der Waals surface area contributed by atoms with E-state index in [1.807, 2.05) is 82.3 Å². The van der Waals surface area contributed by atoms with E-state index in [0.29, 0.717) is 32.2 Å². The number of aromatic amines is 1. The molecule has 0 fully saturated rings. The standard InChI is InChI=1S/C31H40N4O4/c1-5-21(4)27(34-30(38)39-19-22-11-7-6-8-12-22)28(36)35-31(29(37)32-18-20(2)3)16-15-26-24(17-31)23-13-9-10-14-25(23)33-26/h6-14,20-21,27,33H,5,15-19H2,1-4H3,(H,32,37)(H,34,38)(H,35,36)/t21-,27-,31+/m0/s1. The fourth-order valence-corrected chi connectivity index (χ4v) is 5.13. The summed E-state index contributed by atoms with van der Waals surface area (Å²) in [4.78, 5) is 43.7. The third-order valence-electron chi connectivity index (χ3n) is 7.63. The zero-order chi connectivity index (χ0) is 28.0. The first-order valence-corrected chi connectivity index (χ1v) is 13.9. The second-order valence-electron chi connectivity index (χ2n) is 11.0. The minimum absolute atomic E-state index is 0.104. The van der Waals surface area contributed by atoms with E-state index >= 15 is 0 Å². The molecule has 0 saturated heterocycles. The van der Waals surface area contributed by atoms with Crippen molar-refractivity contribution in [3.63, 3.8) is 0 Å². The van der Waals surface area contributed by atoms with Crippen LogP contribution >= 0.6 is 0 Å². The maximum atomic E-state index is 13.8. The van der Waals surface area contributed by atoms with Crippen molar-refractivity contribution in [2.45, 2.75) is 71.6 Å². The Balaban J connectivity index is 1.56. The van der Waals surface area contributed by atoms with Crippen LogP contribution < -0.4 is 16.0 Å². The van der Waals surface area contributed by atoms with Gasteiger partial charge in [0, 0.05) is 29.6 Å². The highest BCUT2D eigenvalue weighted by Crippen LogP contribution is 2.34. The van der Waals surface area contributed by atoms with Gasteiger partial charge in [-0.2, -0.15) is 0 Å². The Morgan fingerprint density at radius 2 is 1.74 bits per heavy atom. The molecule has 0 spiro atoms. The lowest BCUT2D eigenvalue weighted by Crippen LogP contribution is -2.65. The molecule has 4 rings (SSSR count). The van der Waals surface area contributed by atoms with Crippen LogP contribution in [-0.4, -0.2) is 41.0 Å². The number of ether oxygens (including phenoxy) is 1. The molecule has 0 aliphatic heterocycles. The molecule has 39 heavy (non-hydrogen) atoms. The van der Waals surface area contributed by atoms with Gasteiger partial charge in [-0.3, -0.25) is 9.59 Å². The molecule has 3 atom stereocenters. The number of hydrogen-bond acceptors (Lipinski definition) is 4. The lowest BCUT2D eigenvalue weighted by atomic mass is 9.78. The quantitative estimate of drug-likeness (QED) is 0.305. The Hall–Kier alpha value is -3.81. The highest BCUT2D eigenvalue weighted by atomic mass is 16.5. The second kappa shape index (κ2) is 12.4. The van der Waals surface area contributed by atoms with Crippen LogP contribution in [-0.2, 0) is 33.8 Å². The summed E-state index contributed by atoms with van der Waals surface area (Å²) in [5, 5.41) is 9.99. The summed E-state index contributed by atoms with van der Waals surface area (Å²) in [6, 6.07) is 16.6. The molecule has 1 heterocycles. The molecule has 8 nitrogen and oxygen atoms in total. The second-order valence-corrected chi connectivity index (χ2v) is 11.0. The van der Waals surface area contributed by atoms with Gasteiger partial charge in [-0.25, -0.2) is 4.79 Å². The highest BCUT2D eigenvalue weighted by Gasteiger charge is 2.45. The number of fused-ring (bicyclic) bond motifs is 3. The van der Waals surface area contributed by atoms with Crippen molar-refractivity contribution in [2.75, 3.05) is 6.54 Å². The van der Waals surface area contributed by atoms with Crippen molar-refractivity contribution >= 4 is 28.8 Å². The zero-order valence-electron chi connectivity index (χ0n) is 23.3. The maximum absolute atomic E-state index is 13.8. The number of aryl methyl sites for hydroxylation is 1. The van der Waals surface area contributed by atoms with Crippen molar-refractivity contribution in [1.82, 2.24) is 20.9 Å². The molecule has 0 radical (unpaired) electrons. The van der Waals surface area contributed by atoms with E-state index in [9.17, 15) is 14.4 Å². The SMILES string of the molecule is CC[C@H](C)[C@H](NC(=O)OCc1ccccc1)C(=O)N[C@]1(C(=O)NCC(C)C)CCc2[nH]c3ccccc3c2C1. The fourth-order valence-electron chi connectivity index (χ4n) is 5.13. The van der Waals surface area contributed by atoms with E-state index in [4.69, 9.17) is 4.74 Å². The summed E-state index contributed by atoms with van der Waals surface area (Å²) >= 11 is 0. The molecule has 0 saturated carbocycles. The van der Waals surface area contributed by atoms with Gasteiger partial charge in [0.1, 0.15) is 18.2 Å². The molecule has 1 aliphatic rings. The predicted molar refractivity (Wildman–Crippen MR) is 152 cm³/mol. The van der Waals surface area contributed by atoms with Gasteiger partial charge in [-0.1, -0.05) is 82.6 Å². The third kappa shape index (κ3) is 6.61. The lowest BCUT2D eigenvalue weighted by Gasteiger charge is -2.38. The van der Waals surface area contributed by atoms with Gasteiger partial charge in [0.05, 0.1) is 0 Å². The summed E-state index contributed by atoms with van der Waals surface area (Å²) in [5.41, 5.74) is 2.89. The first-order valence-electron chi connectivity index (χ1n) is 13.9. The smallest absolute Gasteiger partial charge is 0.408 e.